The molecule has 11 nitrogen and oxygen atoms in total. The first kappa shape index (κ1) is 31.6. The lowest BCUT2D eigenvalue weighted by Gasteiger charge is -2.22. The van der Waals surface area contributed by atoms with Gasteiger partial charge in [-0.05, 0) is 62.9 Å². The molecule has 0 bridgehead atoms. The van der Waals surface area contributed by atoms with Gasteiger partial charge in [0.1, 0.15) is 21.4 Å². The maximum Gasteiger partial charge on any atom is 0.404 e. The number of hydrogen-bond acceptors (Lipinski definition) is 8. The van der Waals surface area contributed by atoms with Crippen molar-refractivity contribution in [2.24, 2.45) is 0 Å². The number of amides is 1. The maximum absolute atomic E-state index is 11.3. The fraction of sp³-hybridized carbons (Fsp3) is 0.567. The summed E-state index contributed by atoms with van der Waals surface area (Å²) in [5.41, 5.74) is 0.984. The van der Waals surface area contributed by atoms with Gasteiger partial charge < -0.3 is 29.9 Å². The second-order valence-corrected chi connectivity index (χ2v) is 13.4. The molecular formula is C30H44N6O5S. The summed E-state index contributed by atoms with van der Waals surface area (Å²) in [6.07, 6.45) is 12.8. The SMILES string of the molecule is CCCN1CC[C@@H](NC(=O)O)C1.CS(=O)(=O)CCCOc1cccc2c1ccn2-c1ccnc(NC2CCCCC2)n1. The molecule has 2 aromatic heterocycles. The van der Waals surface area contributed by atoms with Gasteiger partial charge in [-0.1, -0.05) is 32.3 Å². The van der Waals surface area contributed by atoms with Crippen LogP contribution in [0.5, 0.6) is 5.75 Å². The summed E-state index contributed by atoms with van der Waals surface area (Å²) >= 11 is 0. The van der Waals surface area contributed by atoms with E-state index >= 15 is 0 Å². The van der Waals surface area contributed by atoms with Crippen LogP contribution < -0.4 is 15.4 Å². The van der Waals surface area contributed by atoms with E-state index in [9.17, 15) is 13.2 Å². The molecule has 1 aromatic carbocycles. The first-order chi connectivity index (χ1) is 20.2. The molecule has 1 aliphatic heterocycles. The number of fused-ring (bicyclic) bond motifs is 1. The molecule has 5 rings (SSSR count). The fourth-order valence-electron chi connectivity index (χ4n) is 5.60. The average molecular weight is 601 g/mol. The molecule has 3 heterocycles. The van der Waals surface area contributed by atoms with E-state index in [1.165, 1.54) is 38.4 Å². The zero-order chi connectivity index (χ0) is 30.0. The van der Waals surface area contributed by atoms with E-state index in [2.05, 4.69) is 27.4 Å². The Morgan fingerprint density at radius 1 is 1.12 bits per heavy atom. The van der Waals surface area contributed by atoms with Gasteiger partial charge >= 0.3 is 6.09 Å². The molecule has 12 heteroatoms. The summed E-state index contributed by atoms with van der Waals surface area (Å²) in [5, 5.41) is 15.4. The lowest BCUT2D eigenvalue weighted by Crippen LogP contribution is -2.36. The third-order valence-corrected chi connectivity index (χ3v) is 8.61. The number of rotatable bonds is 11. The highest BCUT2D eigenvalue weighted by molar-refractivity contribution is 7.90. The van der Waals surface area contributed by atoms with E-state index in [4.69, 9.17) is 14.8 Å². The van der Waals surface area contributed by atoms with E-state index in [0.29, 0.717) is 25.0 Å². The minimum Gasteiger partial charge on any atom is -0.493 e. The van der Waals surface area contributed by atoms with Crippen molar-refractivity contribution in [2.45, 2.75) is 70.4 Å². The van der Waals surface area contributed by atoms with Gasteiger partial charge in [-0.15, -0.1) is 0 Å². The number of benzene rings is 1. The molecule has 230 valence electrons. The number of sulfone groups is 1. The highest BCUT2D eigenvalue weighted by Gasteiger charge is 2.22. The molecule has 3 aromatic rings. The van der Waals surface area contributed by atoms with Gasteiger partial charge in [0.15, 0.2) is 0 Å². The predicted molar refractivity (Wildman–Crippen MR) is 165 cm³/mol. The van der Waals surface area contributed by atoms with Crippen molar-refractivity contribution in [1.82, 2.24) is 24.8 Å². The average Bonchev–Trinajstić information content (AvgIpc) is 3.59. The molecule has 1 atom stereocenters. The normalized spacial score (nSPS) is 17.9. The lowest BCUT2D eigenvalue weighted by molar-refractivity contribution is 0.189. The van der Waals surface area contributed by atoms with Gasteiger partial charge in [0.05, 0.1) is 17.9 Å². The number of nitrogens with one attached hydrogen (secondary N) is 2. The van der Waals surface area contributed by atoms with Crippen molar-refractivity contribution in [1.29, 1.82) is 0 Å². The first-order valence-corrected chi connectivity index (χ1v) is 17.0. The minimum atomic E-state index is -2.97. The van der Waals surface area contributed by atoms with Gasteiger partial charge in [-0.2, -0.15) is 4.98 Å². The minimum absolute atomic E-state index is 0.127. The quantitative estimate of drug-likeness (QED) is 0.267. The molecule has 3 N–H and O–H groups in total. The Morgan fingerprint density at radius 2 is 1.93 bits per heavy atom. The molecule has 0 spiro atoms. The number of carbonyl (C=O) groups is 1. The molecule has 42 heavy (non-hydrogen) atoms. The predicted octanol–water partition coefficient (Wildman–Crippen LogP) is 4.72. The number of hydrogen-bond donors (Lipinski definition) is 3. The van der Waals surface area contributed by atoms with Crippen LogP contribution in [-0.4, -0.2) is 89.4 Å². The van der Waals surface area contributed by atoms with E-state index in [1.807, 2.05) is 41.1 Å². The van der Waals surface area contributed by atoms with Gasteiger partial charge in [0.2, 0.25) is 5.95 Å². The van der Waals surface area contributed by atoms with Gasteiger partial charge in [0.25, 0.3) is 0 Å². The Hall–Kier alpha value is -3.38. The number of nitrogens with zero attached hydrogens (tertiary/aromatic N) is 4. The molecule has 1 amide bonds. The number of aromatic nitrogens is 3. The Bertz CT molecular complexity index is 1410. The second-order valence-electron chi connectivity index (χ2n) is 11.2. The Kier molecular flexibility index (Phi) is 11.4. The molecule has 2 aliphatic rings. The number of likely N-dealkylation sites (tertiary alicyclic amines) is 1. The van der Waals surface area contributed by atoms with Crippen molar-refractivity contribution in [3.8, 4) is 11.6 Å². The van der Waals surface area contributed by atoms with Crippen molar-refractivity contribution < 1.29 is 23.1 Å². The summed E-state index contributed by atoms with van der Waals surface area (Å²) in [7, 11) is -2.97. The van der Waals surface area contributed by atoms with Crippen molar-refractivity contribution >= 4 is 32.8 Å². The van der Waals surface area contributed by atoms with Crippen LogP contribution in [-0.2, 0) is 9.84 Å². The summed E-state index contributed by atoms with van der Waals surface area (Å²) in [6.45, 7) is 5.48. The zero-order valence-electron chi connectivity index (χ0n) is 24.7. The zero-order valence-corrected chi connectivity index (χ0v) is 25.5. The van der Waals surface area contributed by atoms with Crippen LogP contribution in [0.25, 0.3) is 16.7 Å². The molecule has 1 aliphatic carbocycles. The number of ether oxygens (including phenoxy) is 1. The third kappa shape index (κ3) is 9.59. The summed E-state index contributed by atoms with van der Waals surface area (Å²) in [6, 6.07) is 10.4. The molecular weight excluding hydrogens is 556 g/mol. The summed E-state index contributed by atoms with van der Waals surface area (Å²) < 4.78 is 30.5. The topological polar surface area (TPSA) is 139 Å². The molecule has 1 saturated carbocycles. The van der Waals surface area contributed by atoms with Crippen molar-refractivity contribution in [2.75, 3.05) is 43.6 Å². The van der Waals surface area contributed by atoms with E-state index < -0.39 is 15.9 Å². The van der Waals surface area contributed by atoms with Crippen LogP contribution in [0, 0.1) is 0 Å². The van der Waals surface area contributed by atoms with Crippen LogP contribution in [0.2, 0.25) is 0 Å². The number of carboxylic acid groups (broad SMARTS) is 1. The second kappa shape index (κ2) is 15.2. The van der Waals surface area contributed by atoms with Gasteiger partial charge in [0, 0.05) is 49.2 Å². The van der Waals surface area contributed by atoms with E-state index in [0.717, 1.165) is 54.9 Å². The van der Waals surface area contributed by atoms with Crippen LogP contribution in [0.3, 0.4) is 0 Å². The van der Waals surface area contributed by atoms with Gasteiger partial charge in [-0.3, -0.25) is 0 Å². The monoisotopic (exact) mass is 600 g/mol. The van der Waals surface area contributed by atoms with Gasteiger partial charge in [-0.25, -0.2) is 18.2 Å². The maximum atomic E-state index is 11.3. The molecule has 0 radical (unpaired) electrons. The standard InChI is InChI=1S/C22H28N4O3S.C8H16N2O2/c1-30(27,28)16-6-15-29-20-10-5-9-19-18(20)12-14-26(19)21-11-13-23-22(25-21)24-17-7-3-2-4-8-17;1-2-4-10-5-3-7(6-10)9-8(11)12/h5,9-14,17H,2-4,6-8,15-16H2,1H3,(H,23,24,25);7,9H,2-6H2,1H3,(H,11,12)/t;7-/m.1/s1. The third-order valence-electron chi connectivity index (χ3n) is 7.58. The number of anilines is 1. The Morgan fingerprint density at radius 3 is 2.67 bits per heavy atom. The van der Waals surface area contributed by atoms with Crippen molar-refractivity contribution in [3.05, 3.63) is 42.7 Å². The van der Waals surface area contributed by atoms with Crippen LogP contribution in [0.4, 0.5) is 10.7 Å². The highest BCUT2D eigenvalue weighted by Crippen LogP contribution is 2.29. The summed E-state index contributed by atoms with van der Waals surface area (Å²) in [4.78, 5) is 21.7. The lowest BCUT2D eigenvalue weighted by atomic mass is 9.96. The Balaban J connectivity index is 0.000000283. The molecule has 0 unspecified atom stereocenters. The fourth-order valence-corrected chi connectivity index (χ4v) is 6.24. The smallest absolute Gasteiger partial charge is 0.404 e. The Labute approximate surface area is 248 Å². The first-order valence-electron chi connectivity index (χ1n) is 14.9. The molecule has 2 fully saturated rings. The largest absolute Gasteiger partial charge is 0.493 e. The van der Waals surface area contributed by atoms with E-state index in [-0.39, 0.29) is 11.8 Å². The van der Waals surface area contributed by atoms with Crippen LogP contribution >= 0.6 is 0 Å². The van der Waals surface area contributed by atoms with Crippen molar-refractivity contribution in [3.63, 3.8) is 0 Å². The van der Waals surface area contributed by atoms with Crippen LogP contribution in [0.15, 0.2) is 42.7 Å². The van der Waals surface area contributed by atoms with Crippen LogP contribution in [0.1, 0.15) is 58.3 Å². The summed E-state index contributed by atoms with van der Waals surface area (Å²) in [5.74, 6) is 2.33. The molecule has 1 saturated heterocycles. The van der Waals surface area contributed by atoms with E-state index in [1.54, 1.807) is 6.20 Å². The highest BCUT2D eigenvalue weighted by atomic mass is 32.2.